The molecule has 1 heterocycles. The molecule has 0 spiro atoms. The third-order valence-electron chi connectivity index (χ3n) is 2.15. The van der Waals surface area contributed by atoms with Gasteiger partial charge in [0.25, 0.3) is 0 Å². The van der Waals surface area contributed by atoms with E-state index in [4.69, 9.17) is 5.11 Å². The summed E-state index contributed by atoms with van der Waals surface area (Å²) in [6.45, 7) is 0. The van der Waals surface area contributed by atoms with Crippen LogP contribution in [0.1, 0.15) is 10.5 Å². The van der Waals surface area contributed by atoms with E-state index in [1.54, 1.807) is 0 Å². The van der Waals surface area contributed by atoms with Crippen molar-refractivity contribution in [1.29, 1.82) is 0 Å². The smallest absolute Gasteiger partial charge is 0.353 e. The Balaban J connectivity index is 2.53. The van der Waals surface area contributed by atoms with Gasteiger partial charge < -0.3 is 10.2 Å². The molecule has 2 aromatic rings. The Bertz CT molecular complexity index is 597. The number of hydrogen-bond donors (Lipinski definition) is 3. The van der Waals surface area contributed by atoms with Gasteiger partial charge in [-0.3, -0.25) is 5.10 Å². The van der Waals surface area contributed by atoms with Crippen LogP contribution in [0.3, 0.4) is 0 Å². The average molecular weight is 301 g/mol. The number of carbonyl (C=O) groups is 1. The van der Waals surface area contributed by atoms with Crippen LogP contribution in [-0.2, 0) is 0 Å². The predicted octanol–water partition coefficient (Wildman–Crippen LogP) is 2.38. The summed E-state index contributed by atoms with van der Waals surface area (Å²) in [5.41, 5.74) is 0.114. The molecule has 17 heavy (non-hydrogen) atoms. The summed E-state index contributed by atoms with van der Waals surface area (Å²) in [4.78, 5) is 10.6. The number of aromatic nitrogens is 2. The SMILES string of the molecule is O=C(O)c1cc(-c2ccc(O)c(Br)c2F)n[nH]1. The number of benzene rings is 1. The molecule has 0 aliphatic carbocycles. The highest BCUT2D eigenvalue weighted by atomic mass is 79.9. The molecular formula is C10H6BrFN2O3. The number of aromatic carboxylic acids is 1. The molecule has 0 amide bonds. The van der Waals surface area contributed by atoms with Crippen LogP contribution >= 0.6 is 15.9 Å². The number of halogens is 2. The van der Waals surface area contributed by atoms with E-state index in [1.807, 2.05) is 0 Å². The highest BCUT2D eigenvalue weighted by Gasteiger charge is 2.16. The van der Waals surface area contributed by atoms with Crippen LogP contribution in [0.2, 0.25) is 0 Å². The number of aromatic amines is 1. The topological polar surface area (TPSA) is 86.2 Å². The molecule has 0 radical (unpaired) electrons. The third kappa shape index (κ3) is 2.01. The molecular weight excluding hydrogens is 295 g/mol. The van der Waals surface area contributed by atoms with Gasteiger partial charge >= 0.3 is 5.97 Å². The normalized spacial score (nSPS) is 10.5. The number of nitrogens with zero attached hydrogens (tertiary/aromatic N) is 1. The maximum atomic E-state index is 13.8. The van der Waals surface area contributed by atoms with E-state index in [1.165, 1.54) is 18.2 Å². The van der Waals surface area contributed by atoms with Gasteiger partial charge in [0.2, 0.25) is 0 Å². The van der Waals surface area contributed by atoms with Crippen molar-refractivity contribution in [3.05, 3.63) is 34.2 Å². The number of rotatable bonds is 2. The lowest BCUT2D eigenvalue weighted by Crippen LogP contribution is -1.95. The molecule has 7 heteroatoms. The maximum absolute atomic E-state index is 13.8. The minimum atomic E-state index is -1.18. The van der Waals surface area contributed by atoms with E-state index in [-0.39, 0.29) is 27.2 Å². The van der Waals surface area contributed by atoms with Crippen LogP contribution in [0.4, 0.5) is 4.39 Å². The Labute approximate surface area is 103 Å². The monoisotopic (exact) mass is 300 g/mol. The van der Waals surface area contributed by atoms with E-state index in [2.05, 4.69) is 26.1 Å². The van der Waals surface area contributed by atoms with E-state index in [0.29, 0.717) is 0 Å². The van der Waals surface area contributed by atoms with E-state index in [9.17, 15) is 14.3 Å². The van der Waals surface area contributed by atoms with Gasteiger partial charge in [-0.1, -0.05) is 0 Å². The fraction of sp³-hybridized carbons (Fsp3) is 0. The van der Waals surface area contributed by atoms with Crippen molar-refractivity contribution in [3.63, 3.8) is 0 Å². The molecule has 1 aromatic carbocycles. The molecule has 5 nitrogen and oxygen atoms in total. The fourth-order valence-corrected chi connectivity index (χ4v) is 1.65. The summed E-state index contributed by atoms with van der Waals surface area (Å²) in [6, 6.07) is 3.82. The minimum Gasteiger partial charge on any atom is -0.507 e. The van der Waals surface area contributed by atoms with Gasteiger partial charge in [-0.2, -0.15) is 5.10 Å². The molecule has 0 bridgehead atoms. The van der Waals surface area contributed by atoms with Crippen LogP contribution in [-0.4, -0.2) is 26.4 Å². The van der Waals surface area contributed by atoms with E-state index < -0.39 is 11.8 Å². The third-order valence-corrected chi connectivity index (χ3v) is 2.90. The van der Waals surface area contributed by atoms with Gasteiger partial charge in [-0.05, 0) is 34.1 Å². The summed E-state index contributed by atoms with van der Waals surface area (Å²) in [7, 11) is 0. The summed E-state index contributed by atoms with van der Waals surface area (Å²) in [5.74, 6) is -2.12. The van der Waals surface area contributed by atoms with Crippen molar-refractivity contribution in [1.82, 2.24) is 10.2 Å². The van der Waals surface area contributed by atoms with Crippen molar-refractivity contribution in [3.8, 4) is 17.0 Å². The molecule has 88 valence electrons. The first-order chi connectivity index (χ1) is 8.00. The summed E-state index contributed by atoms with van der Waals surface area (Å²) < 4.78 is 13.7. The van der Waals surface area contributed by atoms with Gasteiger partial charge in [0.05, 0.1) is 10.2 Å². The molecule has 0 fully saturated rings. The number of aromatic hydroxyl groups is 1. The number of nitrogens with one attached hydrogen (secondary N) is 1. The van der Waals surface area contributed by atoms with E-state index in [0.717, 1.165) is 0 Å². The molecule has 1 aromatic heterocycles. The molecule has 0 saturated heterocycles. The molecule has 0 atom stereocenters. The van der Waals surface area contributed by atoms with Crippen molar-refractivity contribution in [2.75, 3.05) is 0 Å². The van der Waals surface area contributed by atoms with Gasteiger partial charge in [-0.15, -0.1) is 0 Å². The van der Waals surface area contributed by atoms with Crippen LogP contribution in [0, 0.1) is 5.82 Å². The number of carboxylic acids is 1. The maximum Gasteiger partial charge on any atom is 0.353 e. The number of H-pyrrole nitrogens is 1. The second-order valence-corrected chi connectivity index (χ2v) is 4.03. The second kappa shape index (κ2) is 4.17. The van der Waals surface area contributed by atoms with Crippen molar-refractivity contribution < 1.29 is 19.4 Å². The molecule has 3 N–H and O–H groups in total. The standard InChI is InChI=1S/C10H6BrFN2O3/c11-8-7(15)2-1-4(9(8)12)5-3-6(10(16)17)14-13-5/h1-3,15H,(H,13,14)(H,16,17). The number of hydrogen-bond acceptors (Lipinski definition) is 3. The van der Waals surface area contributed by atoms with Crippen LogP contribution < -0.4 is 0 Å². The quantitative estimate of drug-likeness (QED) is 0.795. The first kappa shape index (κ1) is 11.6. The van der Waals surface area contributed by atoms with Gasteiger partial charge in [-0.25, -0.2) is 9.18 Å². The van der Waals surface area contributed by atoms with Gasteiger partial charge in [0.1, 0.15) is 11.4 Å². The molecule has 0 aliphatic rings. The lowest BCUT2D eigenvalue weighted by atomic mass is 10.1. The zero-order valence-corrected chi connectivity index (χ0v) is 9.82. The zero-order valence-electron chi connectivity index (χ0n) is 8.24. The Morgan fingerprint density at radius 1 is 1.47 bits per heavy atom. The number of phenolic OH excluding ortho intramolecular Hbond substituents is 1. The molecule has 0 unspecified atom stereocenters. The number of carboxylic acid groups (broad SMARTS) is 1. The average Bonchev–Trinajstić information content (AvgIpc) is 2.75. The Morgan fingerprint density at radius 2 is 2.18 bits per heavy atom. The van der Waals surface area contributed by atoms with Gasteiger partial charge in [0, 0.05) is 5.56 Å². The zero-order chi connectivity index (χ0) is 12.6. The van der Waals surface area contributed by atoms with Crippen molar-refractivity contribution in [2.45, 2.75) is 0 Å². The van der Waals surface area contributed by atoms with Crippen molar-refractivity contribution in [2.24, 2.45) is 0 Å². The first-order valence-electron chi connectivity index (χ1n) is 4.46. The van der Waals surface area contributed by atoms with Gasteiger partial charge in [0.15, 0.2) is 5.82 Å². The highest BCUT2D eigenvalue weighted by molar-refractivity contribution is 9.10. The van der Waals surface area contributed by atoms with E-state index >= 15 is 0 Å². The van der Waals surface area contributed by atoms with Crippen LogP contribution in [0.15, 0.2) is 22.7 Å². The first-order valence-corrected chi connectivity index (χ1v) is 5.26. The molecule has 2 rings (SSSR count). The lowest BCUT2D eigenvalue weighted by molar-refractivity contribution is 0.0690. The highest BCUT2D eigenvalue weighted by Crippen LogP contribution is 2.33. The summed E-state index contributed by atoms with van der Waals surface area (Å²) in [5, 5.41) is 23.9. The summed E-state index contributed by atoms with van der Waals surface area (Å²) in [6.07, 6.45) is 0. The number of phenols is 1. The summed E-state index contributed by atoms with van der Waals surface area (Å²) >= 11 is 2.88. The fourth-order valence-electron chi connectivity index (χ4n) is 1.31. The molecule has 0 saturated carbocycles. The minimum absolute atomic E-state index is 0.0881. The van der Waals surface area contributed by atoms with Crippen LogP contribution in [0.5, 0.6) is 5.75 Å². The second-order valence-electron chi connectivity index (χ2n) is 3.23. The predicted molar refractivity (Wildman–Crippen MR) is 60.3 cm³/mol. The Morgan fingerprint density at radius 3 is 2.76 bits per heavy atom. The lowest BCUT2D eigenvalue weighted by Gasteiger charge is -2.02. The molecule has 0 aliphatic heterocycles. The largest absolute Gasteiger partial charge is 0.507 e. The van der Waals surface area contributed by atoms with Crippen molar-refractivity contribution >= 4 is 21.9 Å². The Kier molecular flexibility index (Phi) is 2.84. The Hall–Kier alpha value is -1.89. The van der Waals surface area contributed by atoms with Crippen LogP contribution in [0.25, 0.3) is 11.3 Å².